The molecule has 1 atom stereocenters. The Morgan fingerprint density at radius 2 is 2.32 bits per heavy atom. The average molecular weight is 277 g/mol. The molecular weight excluding hydrogens is 266 g/mol. The molecule has 0 aromatic carbocycles. The quantitative estimate of drug-likeness (QED) is 0.720. The maximum absolute atomic E-state index is 5.23. The minimum absolute atomic E-state index is 0.00488. The van der Waals surface area contributed by atoms with Crippen molar-refractivity contribution in [2.24, 2.45) is 7.05 Å². The van der Waals surface area contributed by atoms with Crippen molar-refractivity contribution in [1.29, 1.82) is 0 Å². The molecule has 98 valence electrons. The number of rotatable bonds is 4. The lowest BCUT2D eigenvalue weighted by Crippen LogP contribution is -1.94. The molecule has 3 rings (SSSR count). The van der Waals surface area contributed by atoms with E-state index in [1.54, 1.807) is 18.0 Å². The van der Waals surface area contributed by atoms with Crippen molar-refractivity contribution in [2.75, 3.05) is 0 Å². The van der Waals surface area contributed by atoms with Crippen LogP contribution < -0.4 is 0 Å². The van der Waals surface area contributed by atoms with Gasteiger partial charge in [0.05, 0.1) is 5.25 Å². The fourth-order valence-corrected chi connectivity index (χ4v) is 2.35. The fourth-order valence-electron chi connectivity index (χ4n) is 1.48. The van der Waals surface area contributed by atoms with Crippen LogP contribution in [0.15, 0.2) is 28.4 Å². The number of thioether (sulfide) groups is 1. The van der Waals surface area contributed by atoms with Gasteiger partial charge in [0.1, 0.15) is 6.33 Å². The first-order valence-electron chi connectivity index (χ1n) is 5.57. The maximum atomic E-state index is 5.23. The van der Waals surface area contributed by atoms with Gasteiger partial charge in [-0.15, -0.1) is 0 Å². The molecule has 0 spiro atoms. The molecule has 0 saturated carbocycles. The molecule has 19 heavy (non-hydrogen) atoms. The summed E-state index contributed by atoms with van der Waals surface area (Å²) in [6.45, 7) is 1.98. The summed E-state index contributed by atoms with van der Waals surface area (Å²) >= 11 is 1.55. The van der Waals surface area contributed by atoms with E-state index in [2.05, 4.69) is 30.3 Å². The molecule has 0 fully saturated rings. The summed E-state index contributed by atoms with van der Waals surface area (Å²) < 4.78 is 7.17. The van der Waals surface area contributed by atoms with E-state index in [1.165, 1.54) is 6.33 Å². The van der Waals surface area contributed by atoms with Gasteiger partial charge in [-0.2, -0.15) is 10.1 Å². The van der Waals surface area contributed by atoms with E-state index in [0.29, 0.717) is 17.5 Å². The van der Waals surface area contributed by atoms with E-state index >= 15 is 0 Å². The molecule has 9 heteroatoms. The predicted octanol–water partition coefficient (Wildman–Crippen LogP) is 1.44. The van der Waals surface area contributed by atoms with E-state index in [4.69, 9.17) is 4.52 Å². The third kappa shape index (κ3) is 2.36. The van der Waals surface area contributed by atoms with E-state index in [0.717, 1.165) is 5.16 Å². The van der Waals surface area contributed by atoms with Crippen LogP contribution in [0.5, 0.6) is 0 Å². The zero-order valence-corrected chi connectivity index (χ0v) is 11.1. The summed E-state index contributed by atoms with van der Waals surface area (Å²) in [6, 6.07) is 0. The second-order valence-electron chi connectivity index (χ2n) is 3.87. The Balaban J connectivity index is 1.77. The van der Waals surface area contributed by atoms with Crippen LogP contribution in [0.25, 0.3) is 11.6 Å². The van der Waals surface area contributed by atoms with Crippen molar-refractivity contribution < 1.29 is 4.52 Å². The first-order valence-corrected chi connectivity index (χ1v) is 6.45. The number of nitrogens with one attached hydrogen (secondary N) is 1. The molecule has 3 aromatic heterocycles. The van der Waals surface area contributed by atoms with Crippen LogP contribution >= 0.6 is 11.8 Å². The van der Waals surface area contributed by atoms with Crippen LogP contribution in [0.1, 0.15) is 18.1 Å². The minimum atomic E-state index is 0.00488. The number of aromatic amines is 1. The highest BCUT2D eigenvalue weighted by Crippen LogP contribution is 2.32. The average Bonchev–Trinajstić information content (AvgIpc) is 3.09. The minimum Gasteiger partial charge on any atom is -0.338 e. The lowest BCUT2D eigenvalue weighted by molar-refractivity contribution is 0.380. The molecule has 1 N–H and O–H groups in total. The zero-order chi connectivity index (χ0) is 13.2. The Hall–Kier alpha value is -2.16. The van der Waals surface area contributed by atoms with Crippen molar-refractivity contribution in [3.8, 4) is 11.6 Å². The summed E-state index contributed by atoms with van der Waals surface area (Å²) in [4.78, 5) is 12.5. The zero-order valence-electron chi connectivity index (χ0n) is 10.3. The van der Waals surface area contributed by atoms with Crippen LogP contribution in [-0.2, 0) is 7.05 Å². The SMILES string of the molecule is C[C@H](Sc1nccn1C)c1nc(-c2ncn[nH]2)no1. The highest BCUT2D eigenvalue weighted by Gasteiger charge is 2.19. The molecule has 0 amide bonds. The predicted molar refractivity (Wildman–Crippen MR) is 67.2 cm³/mol. The largest absolute Gasteiger partial charge is 0.338 e. The number of hydrogen-bond donors (Lipinski definition) is 1. The van der Waals surface area contributed by atoms with Gasteiger partial charge in [-0.3, -0.25) is 5.10 Å². The van der Waals surface area contributed by atoms with Crippen LogP contribution in [0.2, 0.25) is 0 Å². The standard InChI is InChI=1S/C10H11N7OS/c1-6(19-10-11-3-4-17(10)2)9-14-8(16-18-9)7-12-5-13-15-7/h3-6H,1-2H3,(H,12,13,15)/t6-/m0/s1. The Morgan fingerprint density at radius 1 is 1.42 bits per heavy atom. The second-order valence-corrected chi connectivity index (χ2v) is 5.18. The lowest BCUT2D eigenvalue weighted by Gasteiger charge is -2.05. The summed E-state index contributed by atoms with van der Waals surface area (Å²) in [6.07, 6.45) is 5.04. The van der Waals surface area contributed by atoms with Crippen LogP contribution in [-0.4, -0.2) is 34.9 Å². The molecular formula is C10H11N7OS. The summed E-state index contributed by atoms with van der Waals surface area (Å²) in [5.74, 6) is 1.42. The maximum Gasteiger partial charge on any atom is 0.240 e. The fraction of sp³-hybridized carbons (Fsp3) is 0.300. The molecule has 3 heterocycles. The summed E-state index contributed by atoms with van der Waals surface area (Å²) in [5, 5.41) is 11.2. The lowest BCUT2D eigenvalue weighted by atomic mass is 10.5. The van der Waals surface area contributed by atoms with E-state index < -0.39 is 0 Å². The smallest absolute Gasteiger partial charge is 0.240 e. The summed E-state index contributed by atoms with van der Waals surface area (Å²) in [7, 11) is 1.94. The Kier molecular flexibility index (Phi) is 3.03. The summed E-state index contributed by atoms with van der Waals surface area (Å²) in [5.41, 5.74) is 0. The monoisotopic (exact) mass is 277 g/mol. The topological polar surface area (TPSA) is 98.3 Å². The van der Waals surface area contributed by atoms with E-state index in [1.807, 2.05) is 24.7 Å². The van der Waals surface area contributed by atoms with Crippen molar-refractivity contribution in [1.82, 2.24) is 34.9 Å². The molecule has 0 aliphatic heterocycles. The Bertz CT molecular complexity index is 659. The Labute approximate surface area is 112 Å². The molecule has 0 saturated heterocycles. The van der Waals surface area contributed by atoms with Gasteiger partial charge in [0.15, 0.2) is 11.0 Å². The van der Waals surface area contributed by atoms with E-state index in [-0.39, 0.29) is 5.25 Å². The number of aryl methyl sites for hydroxylation is 1. The number of H-pyrrole nitrogens is 1. The molecule has 0 bridgehead atoms. The van der Waals surface area contributed by atoms with E-state index in [9.17, 15) is 0 Å². The number of imidazole rings is 1. The van der Waals surface area contributed by atoms with Crippen molar-refractivity contribution in [2.45, 2.75) is 17.3 Å². The van der Waals surface area contributed by atoms with Crippen LogP contribution in [0.3, 0.4) is 0 Å². The van der Waals surface area contributed by atoms with Gasteiger partial charge in [-0.25, -0.2) is 9.97 Å². The third-order valence-corrected chi connectivity index (χ3v) is 3.63. The highest BCUT2D eigenvalue weighted by molar-refractivity contribution is 7.99. The van der Waals surface area contributed by atoms with Crippen LogP contribution in [0, 0.1) is 0 Å². The highest BCUT2D eigenvalue weighted by atomic mass is 32.2. The van der Waals surface area contributed by atoms with Gasteiger partial charge in [0, 0.05) is 19.4 Å². The molecule has 0 radical (unpaired) electrons. The van der Waals surface area contributed by atoms with Crippen molar-refractivity contribution >= 4 is 11.8 Å². The molecule has 3 aromatic rings. The molecule has 0 aliphatic carbocycles. The van der Waals surface area contributed by atoms with Gasteiger partial charge < -0.3 is 9.09 Å². The Morgan fingerprint density at radius 3 is 3.00 bits per heavy atom. The number of aromatic nitrogens is 7. The molecule has 8 nitrogen and oxygen atoms in total. The number of nitrogens with zero attached hydrogens (tertiary/aromatic N) is 6. The third-order valence-electron chi connectivity index (χ3n) is 2.48. The first-order chi connectivity index (χ1) is 9.24. The van der Waals surface area contributed by atoms with Gasteiger partial charge >= 0.3 is 0 Å². The van der Waals surface area contributed by atoms with Gasteiger partial charge in [0.25, 0.3) is 0 Å². The first kappa shape index (κ1) is 11.9. The molecule has 0 aliphatic rings. The van der Waals surface area contributed by atoms with Crippen molar-refractivity contribution in [3.05, 3.63) is 24.6 Å². The normalized spacial score (nSPS) is 12.7. The second kappa shape index (κ2) is 4.84. The van der Waals surface area contributed by atoms with Crippen molar-refractivity contribution in [3.63, 3.8) is 0 Å². The van der Waals surface area contributed by atoms with Gasteiger partial charge in [0.2, 0.25) is 11.7 Å². The van der Waals surface area contributed by atoms with Gasteiger partial charge in [-0.1, -0.05) is 16.9 Å². The van der Waals surface area contributed by atoms with Crippen LogP contribution in [0.4, 0.5) is 0 Å². The number of hydrogen-bond acceptors (Lipinski definition) is 7. The molecule has 0 unspecified atom stereocenters. The van der Waals surface area contributed by atoms with Gasteiger partial charge in [-0.05, 0) is 6.92 Å².